The second kappa shape index (κ2) is 5.44. The zero-order valence-electron chi connectivity index (χ0n) is 10.6. The van der Waals surface area contributed by atoms with Gasteiger partial charge in [-0.15, -0.1) is 0 Å². The molecule has 1 aliphatic rings. The second-order valence-corrected chi connectivity index (χ2v) is 5.43. The van der Waals surface area contributed by atoms with Crippen LogP contribution in [-0.4, -0.2) is 34.2 Å². The Morgan fingerprint density at radius 1 is 1.47 bits per heavy atom. The van der Waals surface area contributed by atoms with E-state index in [4.69, 9.17) is 0 Å². The minimum atomic E-state index is -1.23. The summed E-state index contributed by atoms with van der Waals surface area (Å²) in [5, 5.41) is 10.5. The highest BCUT2D eigenvalue weighted by Gasteiger charge is 2.35. The highest BCUT2D eigenvalue weighted by molar-refractivity contribution is 8.15. The lowest BCUT2D eigenvalue weighted by molar-refractivity contribution is -0.305. The third-order valence-corrected chi connectivity index (χ3v) is 4.05. The van der Waals surface area contributed by atoms with E-state index in [1.165, 1.54) is 4.90 Å². The highest BCUT2D eigenvalue weighted by atomic mass is 32.2. The number of carbonyl (C=O) groups excluding carboxylic acids is 2. The molecule has 0 N–H and O–H groups in total. The van der Waals surface area contributed by atoms with E-state index in [9.17, 15) is 14.7 Å². The smallest absolute Gasteiger partial charge is 0.242 e. The van der Waals surface area contributed by atoms with Gasteiger partial charge in [-0.05, 0) is 18.6 Å². The fourth-order valence-electron chi connectivity index (χ4n) is 1.74. The number of carbonyl (C=O) groups is 2. The Balaban J connectivity index is 2.25. The molecular weight excluding hydrogens is 264 g/mol. The number of carboxylic acid groups (broad SMARTS) is 1. The van der Waals surface area contributed by atoms with Crippen molar-refractivity contribution in [3.8, 4) is 0 Å². The Morgan fingerprint density at radius 2 is 2.16 bits per heavy atom. The van der Waals surface area contributed by atoms with Gasteiger partial charge >= 0.3 is 0 Å². The van der Waals surface area contributed by atoms with Gasteiger partial charge in [-0.2, -0.15) is 0 Å². The standard InChI is InChI=1S/C13H14N2O3S/c1-8-5-3-4-6-9(8)14-13-15(2)12(18)10(19-13)7-11(16)17/h3-6,10H,7H2,1-2H3,(H,16,17)/p-1/t10-/m0/s1. The number of carboxylic acids is 1. The van der Waals surface area contributed by atoms with Gasteiger partial charge < -0.3 is 9.90 Å². The lowest BCUT2D eigenvalue weighted by Gasteiger charge is -2.09. The van der Waals surface area contributed by atoms with Gasteiger partial charge in [0.2, 0.25) is 5.91 Å². The average molecular weight is 277 g/mol. The van der Waals surface area contributed by atoms with Crippen LogP contribution in [0.4, 0.5) is 5.69 Å². The van der Waals surface area contributed by atoms with E-state index in [2.05, 4.69) is 4.99 Å². The Labute approximate surface area is 115 Å². The summed E-state index contributed by atoms with van der Waals surface area (Å²) in [6.45, 7) is 1.93. The van der Waals surface area contributed by atoms with Crippen molar-refractivity contribution in [3.63, 3.8) is 0 Å². The molecule has 0 aromatic heterocycles. The van der Waals surface area contributed by atoms with Crippen molar-refractivity contribution in [2.45, 2.75) is 18.6 Å². The molecule has 5 nitrogen and oxygen atoms in total. The topological polar surface area (TPSA) is 72.8 Å². The van der Waals surface area contributed by atoms with Crippen LogP contribution < -0.4 is 5.11 Å². The zero-order valence-corrected chi connectivity index (χ0v) is 11.4. The van der Waals surface area contributed by atoms with Crippen LogP contribution in [0.25, 0.3) is 0 Å². The average Bonchev–Trinajstić information content (AvgIpc) is 2.60. The van der Waals surface area contributed by atoms with Crippen LogP contribution in [0.5, 0.6) is 0 Å². The maximum absolute atomic E-state index is 11.9. The van der Waals surface area contributed by atoms with Gasteiger partial charge in [-0.25, -0.2) is 4.99 Å². The molecule has 0 spiro atoms. The predicted molar refractivity (Wildman–Crippen MR) is 72.0 cm³/mol. The normalized spacial score (nSPS) is 21.2. The minimum Gasteiger partial charge on any atom is -0.550 e. The quantitative estimate of drug-likeness (QED) is 0.815. The van der Waals surface area contributed by atoms with Gasteiger partial charge in [-0.3, -0.25) is 9.69 Å². The second-order valence-electron chi connectivity index (χ2n) is 4.26. The first-order chi connectivity index (χ1) is 8.99. The number of aryl methyl sites for hydroxylation is 1. The van der Waals surface area contributed by atoms with E-state index in [0.29, 0.717) is 5.17 Å². The first-order valence-electron chi connectivity index (χ1n) is 5.77. The van der Waals surface area contributed by atoms with Crippen LogP contribution >= 0.6 is 11.8 Å². The third kappa shape index (κ3) is 2.96. The number of benzene rings is 1. The number of amidine groups is 1. The summed E-state index contributed by atoms with van der Waals surface area (Å²) in [6, 6.07) is 7.56. The first-order valence-corrected chi connectivity index (χ1v) is 6.65. The van der Waals surface area contributed by atoms with Crippen molar-refractivity contribution >= 4 is 34.5 Å². The molecule has 1 saturated heterocycles. The Bertz CT molecular complexity index is 557. The molecule has 0 saturated carbocycles. The number of para-hydroxylation sites is 1. The number of aliphatic carboxylic acids is 1. The third-order valence-electron chi connectivity index (χ3n) is 2.82. The summed E-state index contributed by atoms with van der Waals surface area (Å²) in [4.78, 5) is 28.3. The fraction of sp³-hybridized carbons (Fsp3) is 0.308. The maximum atomic E-state index is 11.9. The molecule has 0 bridgehead atoms. The van der Waals surface area contributed by atoms with Crippen LogP contribution in [-0.2, 0) is 9.59 Å². The van der Waals surface area contributed by atoms with Crippen LogP contribution in [0.1, 0.15) is 12.0 Å². The van der Waals surface area contributed by atoms with E-state index in [-0.39, 0.29) is 12.3 Å². The largest absolute Gasteiger partial charge is 0.550 e. The van der Waals surface area contributed by atoms with Crippen molar-refractivity contribution in [1.82, 2.24) is 4.90 Å². The molecule has 1 aromatic rings. The number of hydrogen-bond donors (Lipinski definition) is 0. The molecule has 6 heteroatoms. The van der Waals surface area contributed by atoms with E-state index >= 15 is 0 Å². The van der Waals surface area contributed by atoms with E-state index in [1.807, 2.05) is 31.2 Å². The van der Waals surface area contributed by atoms with Crippen LogP contribution in [0.3, 0.4) is 0 Å². The molecule has 1 fully saturated rings. The summed E-state index contributed by atoms with van der Waals surface area (Å²) in [5.41, 5.74) is 1.78. The molecule has 1 aromatic carbocycles. The van der Waals surface area contributed by atoms with Crippen molar-refractivity contribution < 1.29 is 14.7 Å². The molecule has 1 amide bonds. The molecule has 0 aliphatic carbocycles. The molecule has 0 unspecified atom stereocenters. The van der Waals surface area contributed by atoms with Gasteiger partial charge in [0.25, 0.3) is 0 Å². The minimum absolute atomic E-state index is 0.249. The first kappa shape index (κ1) is 13.6. The molecule has 1 aliphatic heterocycles. The van der Waals surface area contributed by atoms with E-state index in [1.54, 1.807) is 7.05 Å². The van der Waals surface area contributed by atoms with Crippen molar-refractivity contribution in [2.75, 3.05) is 7.05 Å². The van der Waals surface area contributed by atoms with Crippen LogP contribution in [0.15, 0.2) is 29.3 Å². The summed E-state index contributed by atoms with van der Waals surface area (Å²) in [6.07, 6.45) is -0.291. The summed E-state index contributed by atoms with van der Waals surface area (Å²) >= 11 is 1.16. The van der Waals surface area contributed by atoms with Crippen LogP contribution in [0.2, 0.25) is 0 Å². The maximum Gasteiger partial charge on any atom is 0.242 e. The molecule has 19 heavy (non-hydrogen) atoms. The number of rotatable bonds is 3. The summed E-state index contributed by atoms with van der Waals surface area (Å²) in [7, 11) is 1.60. The number of aliphatic imine (C=N–C) groups is 1. The van der Waals surface area contributed by atoms with E-state index in [0.717, 1.165) is 23.0 Å². The Kier molecular flexibility index (Phi) is 3.90. The fourth-order valence-corrected chi connectivity index (χ4v) is 2.87. The van der Waals surface area contributed by atoms with Gasteiger partial charge in [0.05, 0.1) is 10.9 Å². The number of amides is 1. The van der Waals surface area contributed by atoms with Gasteiger partial charge in [0, 0.05) is 19.4 Å². The summed E-state index contributed by atoms with van der Waals surface area (Å²) in [5.74, 6) is -1.47. The number of hydrogen-bond acceptors (Lipinski definition) is 5. The molecular formula is C13H13N2O3S-. The van der Waals surface area contributed by atoms with Crippen LogP contribution in [0, 0.1) is 6.92 Å². The SMILES string of the molecule is Cc1ccccc1N=C1S[C@@H](CC(=O)[O-])C(=O)N1C. The van der Waals surface area contributed by atoms with Gasteiger partial charge in [0.1, 0.15) is 0 Å². The Morgan fingerprint density at radius 3 is 2.79 bits per heavy atom. The van der Waals surface area contributed by atoms with Gasteiger partial charge in [0.15, 0.2) is 5.17 Å². The summed E-state index contributed by atoms with van der Waals surface area (Å²) < 4.78 is 0. The predicted octanol–water partition coefficient (Wildman–Crippen LogP) is 0.696. The monoisotopic (exact) mass is 277 g/mol. The van der Waals surface area contributed by atoms with Crippen molar-refractivity contribution in [3.05, 3.63) is 29.8 Å². The number of thioether (sulfide) groups is 1. The lowest BCUT2D eigenvalue weighted by Crippen LogP contribution is -2.32. The van der Waals surface area contributed by atoms with Gasteiger partial charge in [-0.1, -0.05) is 30.0 Å². The molecule has 100 valence electrons. The molecule has 0 radical (unpaired) electrons. The highest BCUT2D eigenvalue weighted by Crippen LogP contribution is 2.31. The molecule has 1 heterocycles. The van der Waals surface area contributed by atoms with Crippen molar-refractivity contribution in [1.29, 1.82) is 0 Å². The van der Waals surface area contributed by atoms with E-state index < -0.39 is 11.2 Å². The lowest BCUT2D eigenvalue weighted by atomic mass is 10.2. The Hall–Kier alpha value is -1.82. The number of nitrogens with zero attached hydrogens (tertiary/aromatic N) is 2. The molecule has 1 atom stereocenters. The zero-order chi connectivity index (χ0) is 14.0. The molecule has 2 rings (SSSR count). The van der Waals surface area contributed by atoms with Crippen molar-refractivity contribution in [2.24, 2.45) is 4.99 Å².